The maximum absolute atomic E-state index is 10.1. The lowest BCUT2D eigenvalue weighted by Gasteiger charge is -2.31. The largest absolute Gasteiger partial charge is 0.384 e. The van der Waals surface area contributed by atoms with Crippen molar-refractivity contribution in [3.8, 4) is 0 Å². The molecule has 24 heavy (non-hydrogen) atoms. The van der Waals surface area contributed by atoms with Gasteiger partial charge in [-0.15, -0.1) is 5.10 Å². The quantitative estimate of drug-likeness (QED) is 0.829. The van der Waals surface area contributed by atoms with Crippen molar-refractivity contribution in [3.05, 3.63) is 23.6 Å². The molecule has 0 amide bonds. The minimum atomic E-state index is -0.976. The van der Waals surface area contributed by atoms with Gasteiger partial charge in [-0.3, -0.25) is 0 Å². The third-order valence-corrected chi connectivity index (χ3v) is 4.55. The van der Waals surface area contributed by atoms with Crippen LogP contribution in [-0.4, -0.2) is 36.3 Å². The Hall–Kier alpha value is -1.80. The summed E-state index contributed by atoms with van der Waals surface area (Å²) < 4.78 is 7.13. The molecule has 8 nitrogen and oxygen atoms in total. The van der Waals surface area contributed by atoms with E-state index in [0.717, 1.165) is 25.1 Å². The first kappa shape index (κ1) is 17.0. The predicted molar refractivity (Wildman–Crippen MR) is 87.1 cm³/mol. The summed E-state index contributed by atoms with van der Waals surface area (Å²) in [5.74, 6) is 1.35. The summed E-state index contributed by atoms with van der Waals surface area (Å²) in [7, 11) is 0. The molecular weight excluding hydrogens is 308 g/mol. The zero-order valence-electron chi connectivity index (χ0n) is 14.6. The number of aryl methyl sites for hydroxylation is 1. The molecular formula is C16H26N6O2. The molecule has 2 aromatic heterocycles. The lowest BCUT2D eigenvalue weighted by molar-refractivity contribution is 0.0736. The van der Waals surface area contributed by atoms with E-state index in [1.165, 1.54) is 12.8 Å². The Bertz CT molecular complexity index is 660. The van der Waals surface area contributed by atoms with Gasteiger partial charge in [-0.25, -0.2) is 4.68 Å². The maximum Gasteiger partial charge on any atom is 0.240 e. The molecule has 2 atom stereocenters. The molecule has 8 heteroatoms. The van der Waals surface area contributed by atoms with Gasteiger partial charge in [0.2, 0.25) is 5.89 Å². The summed E-state index contributed by atoms with van der Waals surface area (Å²) in [5, 5.41) is 25.9. The first-order valence-corrected chi connectivity index (χ1v) is 8.67. The Labute approximate surface area is 141 Å². The second-order valence-electron chi connectivity index (χ2n) is 6.94. The summed E-state index contributed by atoms with van der Waals surface area (Å²) in [6.07, 6.45) is 7.08. The van der Waals surface area contributed by atoms with Crippen molar-refractivity contribution in [2.24, 2.45) is 0 Å². The fourth-order valence-corrected chi connectivity index (χ4v) is 3.11. The van der Waals surface area contributed by atoms with E-state index in [2.05, 4.69) is 25.8 Å². The number of hydrogen-bond donors (Lipinski definition) is 2. The maximum atomic E-state index is 10.1. The second-order valence-corrected chi connectivity index (χ2v) is 6.94. The number of rotatable bonds is 6. The van der Waals surface area contributed by atoms with E-state index < -0.39 is 5.60 Å². The Morgan fingerprint density at radius 2 is 2.17 bits per heavy atom. The number of aromatic nitrogens is 5. The van der Waals surface area contributed by atoms with Crippen molar-refractivity contribution >= 4 is 0 Å². The van der Waals surface area contributed by atoms with Crippen LogP contribution in [0.25, 0.3) is 0 Å². The van der Waals surface area contributed by atoms with Crippen LogP contribution in [0.1, 0.15) is 69.9 Å². The zero-order valence-corrected chi connectivity index (χ0v) is 14.6. The van der Waals surface area contributed by atoms with Gasteiger partial charge in [-0.05, 0) is 26.7 Å². The lowest BCUT2D eigenvalue weighted by atomic mass is 9.90. The van der Waals surface area contributed by atoms with Gasteiger partial charge < -0.3 is 14.9 Å². The first-order valence-electron chi connectivity index (χ1n) is 8.67. The molecule has 1 saturated carbocycles. The van der Waals surface area contributed by atoms with Crippen molar-refractivity contribution in [3.63, 3.8) is 0 Å². The molecule has 2 aromatic rings. The van der Waals surface area contributed by atoms with Crippen molar-refractivity contribution in [1.82, 2.24) is 30.5 Å². The smallest absolute Gasteiger partial charge is 0.240 e. The summed E-state index contributed by atoms with van der Waals surface area (Å²) in [4.78, 5) is 4.34. The van der Waals surface area contributed by atoms with E-state index in [1.807, 2.05) is 17.8 Å². The van der Waals surface area contributed by atoms with Crippen LogP contribution in [0.15, 0.2) is 10.7 Å². The number of hydrogen-bond acceptors (Lipinski definition) is 7. The van der Waals surface area contributed by atoms with Crippen LogP contribution in [-0.2, 0) is 18.6 Å². The van der Waals surface area contributed by atoms with Crippen LogP contribution in [0, 0.1) is 0 Å². The summed E-state index contributed by atoms with van der Waals surface area (Å²) in [6.45, 7) is 6.00. The molecule has 1 fully saturated rings. The number of nitrogens with zero attached hydrogens (tertiary/aromatic N) is 5. The van der Waals surface area contributed by atoms with Crippen LogP contribution in [0.2, 0.25) is 0 Å². The highest BCUT2D eigenvalue weighted by atomic mass is 16.5. The van der Waals surface area contributed by atoms with E-state index in [9.17, 15) is 5.11 Å². The Kier molecular flexibility index (Phi) is 4.96. The normalized spacial score (nSPS) is 22.0. The van der Waals surface area contributed by atoms with Crippen LogP contribution in [0.3, 0.4) is 0 Å². The minimum absolute atomic E-state index is 0.218. The van der Waals surface area contributed by atoms with Crippen molar-refractivity contribution in [1.29, 1.82) is 0 Å². The average molecular weight is 334 g/mol. The predicted octanol–water partition coefficient (Wildman–Crippen LogP) is 1.72. The van der Waals surface area contributed by atoms with E-state index in [4.69, 9.17) is 4.52 Å². The highest BCUT2D eigenvalue weighted by Crippen LogP contribution is 2.29. The van der Waals surface area contributed by atoms with Crippen molar-refractivity contribution < 1.29 is 9.63 Å². The first-order chi connectivity index (χ1) is 11.5. The van der Waals surface area contributed by atoms with Crippen LogP contribution in [0.5, 0.6) is 0 Å². The van der Waals surface area contributed by atoms with Crippen molar-refractivity contribution in [2.45, 2.75) is 77.1 Å². The van der Waals surface area contributed by atoms with E-state index >= 15 is 0 Å². The van der Waals surface area contributed by atoms with Gasteiger partial charge in [0.15, 0.2) is 5.82 Å². The molecule has 0 spiro atoms. The standard InChI is InChI=1S/C16H26N6O2/c1-4-14-18-15(24-20-14)9-17-11-7-5-6-8-12(11)22-10-13(19-21-22)16(2,3)23/h10-12,17,23H,4-9H2,1-3H3/t11-,12+/m0/s1. The van der Waals surface area contributed by atoms with Crippen molar-refractivity contribution in [2.75, 3.05) is 0 Å². The molecule has 0 aromatic carbocycles. The molecule has 0 radical (unpaired) electrons. The van der Waals surface area contributed by atoms with Gasteiger partial charge in [0.25, 0.3) is 0 Å². The summed E-state index contributed by atoms with van der Waals surface area (Å²) in [6, 6.07) is 0.489. The van der Waals surface area contributed by atoms with E-state index in [0.29, 0.717) is 18.1 Å². The molecule has 0 bridgehead atoms. The zero-order chi connectivity index (χ0) is 17.2. The topological polar surface area (TPSA) is 102 Å². The molecule has 2 heterocycles. The number of aliphatic hydroxyl groups is 1. The molecule has 1 aliphatic carbocycles. The Morgan fingerprint density at radius 3 is 2.83 bits per heavy atom. The summed E-state index contributed by atoms with van der Waals surface area (Å²) in [5.41, 5.74) is -0.382. The molecule has 3 rings (SSSR count). The lowest BCUT2D eigenvalue weighted by Crippen LogP contribution is -2.39. The molecule has 0 aliphatic heterocycles. The SMILES string of the molecule is CCc1noc(CN[C@H]2CCCC[C@H]2n2cc(C(C)(C)O)nn2)n1. The second kappa shape index (κ2) is 6.98. The van der Waals surface area contributed by atoms with Crippen LogP contribution in [0.4, 0.5) is 0 Å². The minimum Gasteiger partial charge on any atom is -0.384 e. The third kappa shape index (κ3) is 3.81. The molecule has 0 unspecified atom stereocenters. The van der Waals surface area contributed by atoms with E-state index in [-0.39, 0.29) is 12.1 Å². The molecule has 132 valence electrons. The number of nitrogens with one attached hydrogen (secondary N) is 1. The van der Waals surface area contributed by atoms with Gasteiger partial charge in [0.1, 0.15) is 11.3 Å². The summed E-state index contributed by atoms with van der Waals surface area (Å²) >= 11 is 0. The fourth-order valence-electron chi connectivity index (χ4n) is 3.11. The van der Waals surface area contributed by atoms with Gasteiger partial charge in [0, 0.05) is 12.5 Å². The van der Waals surface area contributed by atoms with Crippen LogP contribution >= 0.6 is 0 Å². The van der Waals surface area contributed by atoms with Gasteiger partial charge in [-0.1, -0.05) is 30.1 Å². The van der Waals surface area contributed by atoms with Gasteiger partial charge in [-0.2, -0.15) is 4.98 Å². The highest BCUT2D eigenvalue weighted by Gasteiger charge is 2.29. The van der Waals surface area contributed by atoms with Gasteiger partial charge in [0.05, 0.1) is 18.8 Å². The molecule has 1 aliphatic rings. The third-order valence-electron chi connectivity index (χ3n) is 4.55. The monoisotopic (exact) mass is 334 g/mol. The highest BCUT2D eigenvalue weighted by molar-refractivity contribution is 5.04. The Balaban J connectivity index is 1.67. The molecule has 2 N–H and O–H groups in total. The molecule has 0 saturated heterocycles. The average Bonchev–Trinajstić information content (AvgIpc) is 3.22. The Morgan fingerprint density at radius 1 is 1.38 bits per heavy atom. The fraction of sp³-hybridized carbons (Fsp3) is 0.750. The van der Waals surface area contributed by atoms with E-state index in [1.54, 1.807) is 13.8 Å². The van der Waals surface area contributed by atoms with Crippen LogP contribution < -0.4 is 5.32 Å². The van der Waals surface area contributed by atoms with Gasteiger partial charge >= 0.3 is 0 Å².